The first-order valence-electron chi connectivity index (χ1n) is 6.21. The highest BCUT2D eigenvalue weighted by molar-refractivity contribution is 7.89. The third kappa shape index (κ3) is 3.62. The molecule has 0 radical (unpaired) electrons. The average Bonchev–Trinajstić information content (AvgIpc) is 2.90. The molecule has 1 aromatic rings. The number of carbonyl (C=O) groups is 1. The summed E-state index contributed by atoms with van der Waals surface area (Å²) in [6.07, 6.45) is 1.79. The highest BCUT2D eigenvalue weighted by atomic mass is 32.2. The number of ether oxygens (including phenoxy) is 1. The Hall–Kier alpha value is -1.24. The lowest BCUT2D eigenvalue weighted by Gasteiger charge is -2.11. The lowest BCUT2D eigenvalue weighted by molar-refractivity contribution is 0.101. The molecule has 1 aliphatic rings. The summed E-state index contributed by atoms with van der Waals surface area (Å²) in [5.41, 5.74) is 0.389. The van der Waals surface area contributed by atoms with Crippen LogP contribution in [0.15, 0.2) is 29.2 Å². The number of ketones is 1. The number of benzene rings is 1. The van der Waals surface area contributed by atoms with E-state index in [1.54, 1.807) is 12.1 Å². The summed E-state index contributed by atoms with van der Waals surface area (Å²) in [7, 11) is -3.59. The van der Waals surface area contributed by atoms with Gasteiger partial charge in [-0.15, -0.1) is 0 Å². The average molecular weight is 283 g/mol. The Morgan fingerprint density at radius 2 is 2.26 bits per heavy atom. The van der Waals surface area contributed by atoms with Gasteiger partial charge in [-0.2, -0.15) is 0 Å². The highest BCUT2D eigenvalue weighted by Crippen LogP contribution is 2.14. The van der Waals surface area contributed by atoms with Crippen LogP contribution in [-0.2, 0) is 14.8 Å². The fourth-order valence-electron chi connectivity index (χ4n) is 1.97. The second kappa shape index (κ2) is 5.81. The molecule has 1 atom stereocenters. The van der Waals surface area contributed by atoms with Crippen molar-refractivity contribution in [2.75, 3.05) is 13.2 Å². The van der Waals surface area contributed by atoms with E-state index in [9.17, 15) is 13.2 Å². The van der Waals surface area contributed by atoms with Crippen molar-refractivity contribution < 1.29 is 17.9 Å². The number of carbonyl (C=O) groups excluding carboxylic acids is 1. The number of hydrogen-bond acceptors (Lipinski definition) is 4. The molecule has 19 heavy (non-hydrogen) atoms. The summed E-state index contributed by atoms with van der Waals surface area (Å²) in [4.78, 5) is 11.4. The summed E-state index contributed by atoms with van der Waals surface area (Å²) in [6, 6.07) is 6.03. The lowest BCUT2D eigenvalue weighted by atomic mass is 10.2. The zero-order chi connectivity index (χ0) is 13.9. The van der Waals surface area contributed by atoms with Crippen molar-refractivity contribution in [2.45, 2.75) is 30.8 Å². The first kappa shape index (κ1) is 14.2. The van der Waals surface area contributed by atoms with Crippen molar-refractivity contribution in [1.29, 1.82) is 0 Å². The normalized spacial score (nSPS) is 19.5. The number of sulfonamides is 1. The molecule has 1 saturated heterocycles. The van der Waals surface area contributed by atoms with Crippen LogP contribution < -0.4 is 4.72 Å². The second-order valence-corrected chi connectivity index (χ2v) is 6.34. The smallest absolute Gasteiger partial charge is 0.240 e. The molecule has 1 aromatic carbocycles. The maximum atomic E-state index is 12.1. The van der Waals surface area contributed by atoms with Crippen molar-refractivity contribution >= 4 is 15.8 Å². The molecule has 1 unspecified atom stereocenters. The van der Waals surface area contributed by atoms with Crippen LogP contribution in [0.2, 0.25) is 0 Å². The van der Waals surface area contributed by atoms with Crippen molar-refractivity contribution in [3.8, 4) is 0 Å². The van der Waals surface area contributed by atoms with Gasteiger partial charge in [-0.1, -0.05) is 12.1 Å². The molecule has 2 rings (SSSR count). The van der Waals surface area contributed by atoms with E-state index in [4.69, 9.17) is 4.74 Å². The Bertz CT molecular complexity index is 562. The second-order valence-electron chi connectivity index (χ2n) is 4.57. The third-order valence-electron chi connectivity index (χ3n) is 3.08. The minimum atomic E-state index is -3.59. The van der Waals surface area contributed by atoms with Gasteiger partial charge in [0.15, 0.2) is 5.78 Å². The molecule has 0 saturated carbocycles. The van der Waals surface area contributed by atoms with Crippen molar-refractivity contribution in [2.24, 2.45) is 0 Å². The quantitative estimate of drug-likeness (QED) is 0.828. The topological polar surface area (TPSA) is 72.5 Å². The Morgan fingerprint density at radius 1 is 1.47 bits per heavy atom. The van der Waals surface area contributed by atoms with E-state index in [0.29, 0.717) is 12.2 Å². The monoisotopic (exact) mass is 283 g/mol. The Morgan fingerprint density at radius 3 is 2.89 bits per heavy atom. The van der Waals surface area contributed by atoms with E-state index >= 15 is 0 Å². The van der Waals surface area contributed by atoms with Crippen LogP contribution in [-0.4, -0.2) is 33.5 Å². The summed E-state index contributed by atoms with van der Waals surface area (Å²) in [6.45, 7) is 2.37. The maximum absolute atomic E-state index is 12.1. The summed E-state index contributed by atoms with van der Waals surface area (Å²) in [5, 5.41) is 0. The fraction of sp³-hybridized carbons (Fsp3) is 0.462. The van der Waals surface area contributed by atoms with Gasteiger partial charge in [-0.25, -0.2) is 13.1 Å². The van der Waals surface area contributed by atoms with Gasteiger partial charge in [0.25, 0.3) is 0 Å². The van der Waals surface area contributed by atoms with Gasteiger partial charge in [-0.05, 0) is 31.9 Å². The maximum Gasteiger partial charge on any atom is 0.240 e. The van der Waals surface area contributed by atoms with Gasteiger partial charge in [-0.3, -0.25) is 4.79 Å². The number of nitrogens with one attached hydrogen (secondary N) is 1. The molecule has 0 bridgehead atoms. The molecule has 104 valence electrons. The highest BCUT2D eigenvalue weighted by Gasteiger charge is 2.20. The minimum absolute atomic E-state index is 0.0502. The van der Waals surface area contributed by atoms with Crippen LogP contribution in [0.3, 0.4) is 0 Å². The van der Waals surface area contributed by atoms with Crippen LogP contribution in [0.1, 0.15) is 30.1 Å². The Kier molecular flexibility index (Phi) is 4.34. The molecule has 0 aliphatic carbocycles. The van der Waals surface area contributed by atoms with Crippen LogP contribution in [0.4, 0.5) is 0 Å². The molecule has 1 N–H and O–H groups in total. The van der Waals surface area contributed by atoms with E-state index < -0.39 is 10.0 Å². The zero-order valence-corrected chi connectivity index (χ0v) is 11.6. The van der Waals surface area contributed by atoms with Crippen LogP contribution >= 0.6 is 0 Å². The SMILES string of the molecule is CC(=O)c1cccc(S(=O)(=O)NCC2CCCO2)c1. The molecule has 0 aromatic heterocycles. The number of hydrogen-bond donors (Lipinski definition) is 1. The van der Waals surface area contributed by atoms with Crippen molar-refractivity contribution in [3.05, 3.63) is 29.8 Å². The minimum Gasteiger partial charge on any atom is -0.377 e. The molecular formula is C13H17NO4S. The molecule has 0 amide bonds. The Balaban J connectivity index is 2.09. The van der Waals surface area contributed by atoms with E-state index in [1.807, 2.05) is 0 Å². The van der Waals surface area contributed by atoms with Gasteiger partial charge in [0.1, 0.15) is 0 Å². The molecule has 0 spiro atoms. The molecule has 1 aliphatic heterocycles. The third-order valence-corrected chi connectivity index (χ3v) is 4.50. The Labute approximate surface area is 113 Å². The largest absolute Gasteiger partial charge is 0.377 e. The van der Waals surface area contributed by atoms with Gasteiger partial charge in [0.2, 0.25) is 10.0 Å². The van der Waals surface area contributed by atoms with E-state index in [2.05, 4.69) is 4.72 Å². The molecule has 6 heteroatoms. The standard InChI is InChI=1S/C13H17NO4S/c1-10(15)11-4-2-6-13(8-11)19(16,17)14-9-12-5-3-7-18-12/h2,4,6,8,12,14H,3,5,7,9H2,1H3. The summed E-state index contributed by atoms with van der Waals surface area (Å²) in [5.74, 6) is -0.156. The molecular weight excluding hydrogens is 266 g/mol. The molecule has 1 heterocycles. The number of rotatable bonds is 5. The first-order valence-corrected chi connectivity index (χ1v) is 7.69. The van der Waals surface area contributed by atoms with Gasteiger partial charge in [0, 0.05) is 18.7 Å². The van der Waals surface area contributed by atoms with Gasteiger partial charge >= 0.3 is 0 Å². The lowest BCUT2D eigenvalue weighted by Crippen LogP contribution is -2.31. The van der Waals surface area contributed by atoms with Gasteiger partial charge < -0.3 is 4.74 Å². The predicted molar refractivity (Wildman–Crippen MR) is 70.6 cm³/mol. The fourth-order valence-corrected chi connectivity index (χ4v) is 3.09. The van der Waals surface area contributed by atoms with Gasteiger partial charge in [0.05, 0.1) is 11.0 Å². The summed E-state index contributed by atoms with van der Waals surface area (Å²) >= 11 is 0. The van der Waals surface area contributed by atoms with E-state index in [0.717, 1.165) is 12.8 Å². The van der Waals surface area contributed by atoms with Crippen molar-refractivity contribution in [3.63, 3.8) is 0 Å². The summed E-state index contributed by atoms with van der Waals surface area (Å²) < 4.78 is 32.1. The van der Waals surface area contributed by atoms with Crippen LogP contribution in [0.5, 0.6) is 0 Å². The van der Waals surface area contributed by atoms with E-state index in [-0.39, 0.29) is 23.3 Å². The molecule has 5 nitrogen and oxygen atoms in total. The van der Waals surface area contributed by atoms with Crippen LogP contribution in [0, 0.1) is 0 Å². The van der Waals surface area contributed by atoms with Crippen LogP contribution in [0.25, 0.3) is 0 Å². The van der Waals surface area contributed by atoms with E-state index in [1.165, 1.54) is 19.1 Å². The first-order chi connectivity index (χ1) is 8.99. The predicted octanol–water partition coefficient (Wildman–Crippen LogP) is 1.35. The molecule has 1 fully saturated rings. The zero-order valence-electron chi connectivity index (χ0n) is 10.8. The number of Topliss-reactive ketones (excluding diaryl/α,β-unsaturated/α-hetero) is 1. The van der Waals surface area contributed by atoms with Crippen molar-refractivity contribution in [1.82, 2.24) is 4.72 Å².